The fourth-order valence-corrected chi connectivity index (χ4v) is 0.468. The molecule has 1 rings (SSSR count). The van der Waals surface area contributed by atoms with Crippen molar-refractivity contribution in [2.45, 2.75) is 0 Å². The number of hydrogen-bond acceptors (Lipinski definition) is 2. The summed E-state index contributed by atoms with van der Waals surface area (Å²) >= 11 is 0. The predicted molar refractivity (Wildman–Crippen MR) is 30.3 cm³/mol. The maximum absolute atomic E-state index is 10.4. The van der Waals surface area contributed by atoms with Gasteiger partial charge in [0.05, 0.1) is 0 Å². The fraction of sp³-hybridized carbons (Fsp3) is 0. The Morgan fingerprint density at radius 3 is 1.89 bits per heavy atom. The van der Waals surface area contributed by atoms with Gasteiger partial charge in [0.25, 0.3) is 0 Å². The third-order valence-electron chi connectivity index (χ3n) is 0.880. The standard InChI is InChI=1S/C6H7NO.Li/c7-5-1-3-6(8)4-2-5;/h1-4,8H,7H2;/q;+1/p-1. The molecule has 0 amide bonds. The van der Waals surface area contributed by atoms with Gasteiger partial charge in [-0.2, -0.15) is 0 Å². The van der Waals surface area contributed by atoms with Gasteiger partial charge >= 0.3 is 18.9 Å². The Labute approximate surface area is 65.9 Å². The topological polar surface area (TPSA) is 49.1 Å². The molecule has 0 atom stereocenters. The molecule has 0 aromatic heterocycles. The second-order valence-electron chi connectivity index (χ2n) is 1.57. The van der Waals surface area contributed by atoms with Gasteiger partial charge in [-0.3, -0.25) is 0 Å². The normalized spacial score (nSPS) is 8.00. The van der Waals surface area contributed by atoms with E-state index in [-0.39, 0.29) is 24.6 Å². The van der Waals surface area contributed by atoms with Gasteiger partial charge in [0.2, 0.25) is 0 Å². The van der Waals surface area contributed by atoms with Gasteiger partial charge in [-0.1, -0.05) is 12.1 Å². The number of benzene rings is 1. The monoisotopic (exact) mass is 115 g/mol. The molecule has 0 spiro atoms. The second kappa shape index (κ2) is 3.44. The number of hydrogen-bond donors (Lipinski definition) is 1. The molecule has 1 aromatic carbocycles. The third-order valence-corrected chi connectivity index (χ3v) is 0.880. The molecule has 2 nitrogen and oxygen atoms in total. The Balaban J connectivity index is 0.000000640. The van der Waals surface area contributed by atoms with Crippen LogP contribution in [0, 0.1) is 0 Å². The molecule has 0 bridgehead atoms. The zero-order valence-corrected chi connectivity index (χ0v) is 5.29. The first-order valence-corrected chi connectivity index (χ1v) is 2.31. The zero-order valence-electron chi connectivity index (χ0n) is 5.29. The van der Waals surface area contributed by atoms with E-state index < -0.39 is 0 Å². The maximum atomic E-state index is 10.4. The van der Waals surface area contributed by atoms with Gasteiger partial charge < -0.3 is 10.8 Å². The van der Waals surface area contributed by atoms with E-state index in [4.69, 9.17) is 5.73 Å². The summed E-state index contributed by atoms with van der Waals surface area (Å²) in [5, 5.41) is 10.4. The molecule has 2 N–H and O–H groups in total. The van der Waals surface area contributed by atoms with Crippen molar-refractivity contribution < 1.29 is 24.0 Å². The molecule has 0 aliphatic rings. The van der Waals surface area contributed by atoms with Crippen LogP contribution < -0.4 is 29.7 Å². The van der Waals surface area contributed by atoms with Crippen LogP contribution in [-0.4, -0.2) is 0 Å². The van der Waals surface area contributed by atoms with Gasteiger partial charge in [-0.05, 0) is 12.1 Å². The van der Waals surface area contributed by atoms with Crippen molar-refractivity contribution in [1.29, 1.82) is 0 Å². The smallest absolute Gasteiger partial charge is 0.872 e. The largest absolute Gasteiger partial charge is 1.00 e. The van der Waals surface area contributed by atoms with Crippen LogP contribution in [0.15, 0.2) is 24.3 Å². The first kappa shape index (κ1) is 8.42. The van der Waals surface area contributed by atoms with Crippen LogP contribution in [-0.2, 0) is 0 Å². The summed E-state index contributed by atoms with van der Waals surface area (Å²) in [7, 11) is 0. The maximum Gasteiger partial charge on any atom is 1.00 e. The van der Waals surface area contributed by atoms with E-state index >= 15 is 0 Å². The molecule has 0 aliphatic carbocycles. The van der Waals surface area contributed by atoms with Gasteiger partial charge in [-0.15, -0.1) is 5.75 Å². The molecular formula is C6H6LiNO. The number of anilines is 1. The molecule has 9 heavy (non-hydrogen) atoms. The molecule has 0 saturated carbocycles. The van der Waals surface area contributed by atoms with Crippen LogP contribution in [0.5, 0.6) is 5.75 Å². The molecular weight excluding hydrogens is 109 g/mol. The number of nitrogen functional groups attached to an aromatic ring is 1. The molecule has 0 aliphatic heterocycles. The summed E-state index contributed by atoms with van der Waals surface area (Å²) in [6, 6.07) is 6.05. The Morgan fingerprint density at radius 1 is 1.11 bits per heavy atom. The van der Waals surface area contributed by atoms with Crippen molar-refractivity contribution in [1.82, 2.24) is 0 Å². The van der Waals surface area contributed by atoms with E-state index in [0.29, 0.717) is 5.69 Å². The van der Waals surface area contributed by atoms with Crippen LogP contribution >= 0.6 is 0 Å². The predicted octanol–water partition coefficient (Wildman–Crippen LogP) is -2.65. The van der Waals surface area contributed by atoms with Crippen LogP contribution in [0.25, 0.3) is 0 Å². The first-order valence-electron chi connectivity index (χ1n) is 2.31. The molecule has 3 heteroatoms. The number of nitrogens with two attached hydrogens (primary N) is 1. The summed E-state index contributed by atoms with van der Waals surface area (Å²) in [6.45, 7) is 0. The molecule has 0 fully saturated rings. The summed E-state index contributed by atoms with van der Waals surface area (Å²) in [5.74, 6) is -0.000741. The molecule has 0 unspecified atom stereocenters. The van der Waals surface area contributed by atoms with Gasteiger partial charge in [-0.25, -0.2) is 0 Å². The van der Waals surface area contributed by atoms with Crippen molar-refractivity contribution in [2.24, 2.45) is 0 Å². The van der Waals surface area contributed by atoms with E-state index in [1.165, 1.54) is 12.1 Å². The van der Waals surface area contributed by atoms with Gasteiger partial charge in [0.1, 0.15) is 0 Å². The number of rotatable bonds is 0. The summed E-state index contributed by atoms with van der Waals surface area (Å²) in [5.41, 5.74) is 5.92. The molecule has 0 heterocycles. The molecule has 0 radical (unpaired) electrons. The third kappa shape index (κ3) is 2.45. The fourth-order valence-electron chi connectivity index (χ4n) is 0.468. The van der Waals surface area contributed by atoms with Crippen LogP contribution in [0.4, 0.5) is 5.69 Å². The van der Waals surface area contributed by atoms with Crippen molar-refractivity contribution >= 4 is 5.69 Å². The van der Waals surface area contributed by atoms with Crippen molar-refractivity contribution in [3.8, 4) is 5.75 Å². The minimum atomic E-state index is -0.000741. The van der Waals surface area contributed by atoms with Gasteiger partial charge in [0, 0.05) is 5.69 Å². The van der Waals surface area contributed by atoms with Crippen LogP contribution in [0.1, 0.15) is 0 Å². The second-order valence-corrected chi connectivity index (χ2v) is 1.57. The summed E-state index contributed by atoms with van der Waals surface area (Å²) in [6.07, 6.45) is 0. The average Bonchev–Trinajstić information content (AvgIpc) is 1.77. The SMILES string of the molecule is Nc1ccc([O-])cc1.[Li+]. The van der Waals surface area contributed by atoms with Crippen molar-refractivity contribution in [3.05, 3.63) is 24.3 Å². The minimum Gasteiger partial charge on any atom is -0.872 e. The van der Waals surface area contributed by atoms with E-state index in [9.17, 15) is 5.11 Å². The van der Waals surface area contributed by atoms with E-state index in [2.05, 4.69) is 0 Å². The van der Waals surface area contributed by atoms with Crippen molar-refractivity contribution in [3.63, 3.8) is 0 Å². The Bertz CT molecular complexity index is 152. The molecule has 0 saturated heterocycles. The summed E-state index contributed by atoms with van der Waals surface area (Å²) < 4.78 is 0. The quantitative estimate of drug-likeness (QED) is 0.296. The average molecular weight is 115 g/mol. The van der Waals surface area contributed by atoms with E-state index in [1.807, 2.05) is 0 Å². The van der Waals surface area contributed by atoms with E-state index in [1.54, 1.807) is 12.1 Å². The molecule has 1 aromatic rings. The summed E-state index contributed by atoms with van der Waals surface area (Å²) in [4.78, 5) is 0. The van der Waals surface area contributed by atoms with Crippen LogP contribution in [0.3, 0.4) is 0 Å². The van der Waals surface area contributed by atoms with Crippen molar-refractivity contribution in [2.75, 3.05) is 5.73 Å². The van der Waals surface area contributed by atoms with E-state index in [0.717, 1.165) is 0 Å². The zero-order chi connectivity index (χ0) is 5.98. The van der Waals surface area contributed by atoms with Gasteiger partial charge in [0.15, 0.2) is 0 Å². The van der Waals surface area contributed by atoms with Crippen LogP contribution in [0.2, 0.25) is 0 Å². The Kier molecular flexibility index (Phi) is 3.22. The molecule has 42 valence electrons. The minimum absolute atomic E-state index is 0. The Morgan fingerprint density at radius 2 is 1.56 bits per heavy atom. The Hall–Kier alpha value is -0.583. The first-order chi connectivity index (χ1) is 3.79.